The molecule has 0 bridgehead atoms. The summed E-state index contributed by atoms with van der Waals surface area (Å²) in [6, 6.07) is 9.06. The maximum atomic E-state index is 3.49. The zero-order valence-corrected chi connectivity index (χ0v) is 13.2. The molecular weight excluding hydrogens is 252 g/mol. The maximum absolute atomic E-state index is 3.49. The second-order valence-electron chi connectivity index (χ2n) is 5.82. The quantitative estimate of drug-likeness (QED) is 0.889. The molecule has 1 saturated heterocycles. The molecule has 1 unspecified atom stereocenters. The summed E-state index contributed by atoms with van der Waals surface area (Å²) in [5.74, 6) is 1.96. The number of rotatable bonds is 5. The molecule has 1 fully saturated rings. The van der Waals surface area contributed by atoms with E-state index >= 15 is 0 Å². The van der Waals surface area contributed by atoms with Crippen LogP contribution in [0.3, 0.4) is 0 Å². The van der Waals surface area contributed by atoms with Gasteiger partial charge in [-0.1, -0.05) is 32.9 Å². The Kier molecular flexibility index (Phi) is 5.59. The molecule has 2 nitrogen and oxygen atoms in total. The van der Waals surface area contributed by atoms with Crippen LogP contribution in [-0.2, 0) is 6.54 Å². The molecule has 19 heavy (non-hydrogen) atoms. The second kappa shape index (κ2) is 7.20. The molecule has 1 aliphatic rings. The molecule has 1 heterocycles. The van der Waals surface area contributed by atoms with Crippen LogP contribution in [0.2, 0.25) is 0 Å². The van der Waals surface area contributed by atoms with Gasteiger partial charge in [0.15, 0.2) is 0 Å². The smallest absolute Gasteiger partial charge is 0.0367 e. The standard InChI is InChI=1S/C16H26N2S/c1-13(2)10-17-11-15-4-6-16(7-5-15)18-8-9-19-14(3)12-18/h4-7,13-14,17H,8-12H2,1-3H3. The molecule has 0 aliphatic carbocycles. The Morgan fingerprint density at radius 3 is 2.68 bits per heavy atom. The lowest BCUT2D eigenvalue weighted by molar-refractivity contribution is 0.552. The maximum Gasteiger partial charge on any atom is 0.0367 e. The van der Waals surface area contributed by atoms with Gasteiger partial charge in [0.05, 0.1) is 0 Å². The molecule has 0 radical (unpaired) electrons. The van der Waals surface area contributed by atoms with Crippen LogP contribution in [0.15, 0.2) is 24.3 Å². The summed E-state index contributed by atoms with van der Waals surface area (Å²) in [7, 11) is 0. The van der Waals surface area contributed by atoms with E-state index in [9.17, 15) is 0 Å². The molecule has 1 aliphatic heterocycles. The molecule has 0 saturated carbocycles. The van der Waals surface area contributed by atoms with E-state index in [4.69, 9.17) is 0 Å². The fourth-order valence-electron chi connectivity index (χ4n) is 2.38. The molecular formula is C16H26N2S. The van der Waals surface area contributed by atoms with E-state index in [0.717, 1.165) is 18.3 Å². The first-order valence-corrected chi connectivity index (χ1v) is 8.36. The topological polar surface area (TPSA) is 15.3 Å². The lowest BCUT2D eigenvalue weighted by atomic mass is 10.1. The van der Waals surface area contributed by atoms with Gasteiger partial charge in [-0.2, -0.15) is 11.8 Å². The summed E-state index contributed by atoms with van der Waals surface area (Å²) >= 11 is 2.08. The van der Waals surface area contributed by atoms with Crippen molar-refractivity contribution in [3.8, 4) is 0 Å². The minimum absolute atomic E-state index is 0.714. The molecule has 1 aromatic carbocycles. The number of hydrogen-bond donors (Lipinski definition) is 1. The van der Waals surface area contributed by atoms with E-state index in [1.165, 1.54) is 30.1 Å². The predicted molar refractivity (Wildman–Crippen MR) is 87.1 cm³/mol. The fraction of sp³-hybridized carbons (Fsp3) is 0.625. The predicted octanol–water partition coefficient (Wildman–Crippen LogP) is 3.37. The first kappa shape index (κ1) is 14.7. The van der Waals surface area contributed by atoms with Crippen LogP contribution in [0.1, 0.15) is 26.3 Å². The highest BCUT2D eigenvalue weighted by Crippen LogP contribution is 2.23. The number of hydrogen-bond acceptors (Lipinski definition) is 3. The largest absolute Gasteiger partial charge is 0.370 e. The van der Waals surface area contributed by atoms with Gasteiger partial charge in [0, 0.05) is 36.3 Å². The Hall–Kier alpha value is -0.670. The Bertz CT molecular complexity index is 375. The van der Waals surface area contributed by atoms with E-state index in [0.29, 0.717) is 5.92 Å². The molecule has 0 spiro atoms. The summed E-state index contributed by atoms with van der Waals surface area (Å²) in [6.45, 7) is 11.2. The highest BCUT2D eigenvalue weighted by atomic mass is 32.2. The SMILES string of the molecule is CC(C)CNCc1ccc(N2CCSC(C)C2)cc1. The van der Waals surface area contributed by atoms with Crippen molar-refractivity contribution in [2.75, 3.05) is 30.3 Å². The molecule has 2 rings (SSSR count). The lowest BCUT2D eigenvalue weighted by Crippen LogP contribution is -2.36. The van der Waals surface area contributed by atoms with Crippen LogP contribution in [0.4, 0.5) is 5.69 Å². The third-order valence-corrected chi connectivity index (χ3v) is 4.56. The van der Waals surface area contributed by atoms with Crippen molar-refractivity contribution in [1.29, 1.82) is 0 Å². The summed E-state index contributed by atoms with van der Waals surface area (Å²) in [5, 5.41) is 4.24. The fourth-order valence-corrected chi connectivity index (χ4v) is 3.40. The average Bonchev–Trinajstić information content (AvgIpc) is 2.39. The zero-order chi connectivity index (χ0) is 13.7. The monoisotopic (exact) mass is 278 g/mol. The van der Waals surface area contributed by atoms with Crippen LogP contribution in [0, 0.1) is 5.92 Å². The number of thioether (sulfide) groups is 1. The van der Waals surface area contributed by atoms with Gasteiger partial charge in [-0.15, -0.1) is 0 Å². The van der Waals surface area contributed by atoms with Crippen molar-refractivity contribution in [2.24, 2.45) is 5.92 Å². The average molecular weight is 278 g/mol. The molecule has 0 aromatic heterocycles. The normalized spacial score (nSPS) is 20.0. The van der Waals surface area contributed by atoms with Crippen LogP contribution in [0.25, 0.3) is 0 Å². The third-order valence-electron chi connectivity index (χ3n) is 3.42. The van der Waals surface area contributed by atoms with E-state index in [-0.39, 0.29) is 0 Å². The van der Waals surface area contributed by atoms with Crippen LogP contribution < -0.4 is 10.2 Å². The highest BCUT2D eigenvalue weighted by molar-refractivity contribution is 8.00. The molecule has 0 amide bonds. The number of nitrogens with one attached hydrogen (secondary N) is 1. The number of nitrogens with zero attached hydrogens (tertiary/aromatic N) is 1. The second-order valence-corrected chi connectivity index (χ2v) is 7.36. The van der Waals surface area contributed by atoms with Crippen LogP contribution >= 0.6 is 11.8 Å². The van der Waals surface area contributed by atoms with E-state index < -0.39 is 0 Å². The van der Waals surface area contributed by atoms with Gasteiger partial charge in [0.2, 0.25) is 0 Å². The first-order valence-electron chi connectivity index (χ1n) is 7.31. The Labute approximate surface area is 122 Å². The van der Waals surface area contributed by atoms with Crippen molar-refractivity contribution < 1.29 is 0 Å². The van der Waals surface area contributed by atoms with E-state index in [2.05, 4.69) is 67.0 Å². The summed E-state index contributed by atoms with van der Waals surface area (Å²) < 4.78 is 0. The van der Waals surface area contributed by atoms with Gasteiger partial charge < -0.3 is 10.2 Å². The van der Waals surface area contributed by atoms with Crippen LogP contribution in [0.5, 0.6) is 0 Å². The third kappa shape index (κ3) is 4.73. The Morgan fingerprint density at radius 1 is 1.32 bits per heavy atom. The molecule has 1 aromatic rings. The van der Waals surface area contributed by atoms with Gasteiger partial charge >= 0.3 is 0 Å². The lowest BCUT2D eigenvalue weighted by Gasteiger charge is -2.32. The van der Waals surface area contributed by atoms with Crippen LogP contribution in [-0.4, -0.2) is 30.6 Å². The molecule has 1 N–H and O–H groups in total. The number of benzene rings is 1. The van der Waals surface area contributed by atoms with Crippen molar-refractivity contribution in [3.05, 3.63) is 29.8 Å². The van der Waals surface area contributed by atoms with Crippen molar-refractivity contribution in [3.63, 3.8) is 0 Å². The number of anilines is 1. The minimum Gasteiger partial charge on any atom is -0.370 e. The summed E-state index contributed by atoms with van der Waals surface area (Å²) in [6.07, 6.45) is 0. The van der Waals surface area contributed by atoms with Gasteiger partial charge in [-0.05, 0) is 30.2 Å². The molecule has 106 valence electrons. The van der Waals surface area contributed by atoms with E-state index in [1.807, 2.05) is 0 Å². The van der Waals surface area contributed by atoms with Crippen molar-refractivity contribution >= 4 is 17.4 Å². The van der Waals surface area contributed by atoms with E-state index in [1.54, 1.807) is 0 Å². The Morgan fingerprint density at radius 2 is 2.05 bits per heavy atom. The summed E-state index contributed by atoms with van der Waals surface area (Å²) in [5.41, 5.74) is 2.75. The van der Waals surface area contributed by atoms with Gasteiger partial charge in [0.1, 0.15) is 0 Å². The van der Waals surface area contributed by atoms with Crippen molar-refractivity contribution in [1.82, 2.24) is 5.32 Å². The highest BCUT2D eigenvalue weighted by Gasteiger charge is 2.16. The van der Waals surface area contributed by atoms with Crippen molar-refractivity contribution in [2.45, 2.75) is 32.6 Å². The zero-order valence-electron chi connectivity index (χ0n) is 12.4. The minimum atomic E-state index is 0.714. The molecule has 1 atom stereocenters. The first-order chi connectivity index (χ1) is 9.15. The summed E-state index contributed by atoms with van der Waals surface area (Å²) in [4.78, 5) is 2.51. The van der Waals surface area contributed by atoms with Gasteiger partial charge in [0.25, 0.3) is 0 Å². The molecule has 3 heteroatoms. The Balaban J connectivity index is 1.87. The van der Waals surface area contributed by atoms with Gasteiger partial charge in [-0.3, -0.25) is 0 Å². The van der Waals surface area contributed by atoms with Gasteiger partial charge in [-0.25, -0.2) is 0 Å².